The summed E-state index contributed by atoms with van der Waals surface area (Å²) in [6.07, 6.45) is 0. The maximum absolute atomic E-state index is 13.3. The summed E-state index contributed by atoms with van der Waals surface area (Å²) < 4.78 is 21.7. The smallest absolute Gasteiger partial charge is 0.295 e. The second kappa shape index (κ2) is 10.8. The van der Waals surface area contributed by atoms with Crippen LogP contribution in [0.2, 0.25) is 0 Å². The van der Waals surface area contributed by atoms with Gasteiger partial charge in [-0.15, -0.1) is 0 Å². The number of Topliss-reactive ketones (excluding diaryl/α,β-unsaturated/α-hetero) is 1. The summed E-state index contributed by atoms with van der Waals surface area (Å²) in [7, 11) is 4.57. The zero-order valence-electron chi connectivity index (χ0n) is 20.2. The van der Waals surface area contributed by atoms with E-state index in [1.165, 1.54) is 19.1 Å². The molecular weight excluding hydrogens is 452 g/mol. The first-order valence-electron chi connectivity index (χ1n) is 11.4. The van der Waals surface area contributed by atoms with Crippen molar-refractivity contribution >= 4 is 17.4 Å². The zero-order valence-corrected chi connectivity index (χ0v) is 20.2. The number of hydrogen-bond acceptors (Lipinski definition) is 8. The Morgan fingerprint density at radius 1 is 0.971 bits per heavy atom. The molecule has 0 bridgehead atoms. The first-order valence-corrected chi connectivity index (χ1v) is 11.4. The van der Waals surface area contributed by atoms with Gasteiger partial charge >= 0.3 is 0 Å². The summed E-state index contributed by atoms with van der Waals surface area (Å²) in [5.41, 5.74) is 0.973. The maximum atomic E-state index is 13.3. The van der Waals surface area contributed by atoms with E-state index in [1.807, 2.05) is 0 Å². The highest BCUT2D eigenvalue weighted by molar-refractivity contribution is 6.46. The summed E-state index contributed by atoms with van der Waals surface area (Å²) >= 11 is 0. The van der Waals surface area contributed by atoms with E-state index in [4.69, 9.17) is 18.9 Å². The number of nitrogens with zero attached hydrogens (tertiary/aromatic N) is 2. The molecule has 1 unspecified atom stereocenters. The minimum absolute atomic E-state index is 0.00805. The van der Waals surface area contributed by atoms with Gasteiger partial charge in [-0.3, -0.25) is 14.5 Å². The SMILES string of the molecule is COc1ccc(/C(O)=C2/C(=O)C(=O)N(CCN3CCOCC3)C2c2cccc(OC)c2OC)cc1. The number of methoxy groups -OCH3 is 3. The number of aliphatic hydroxyl groups is 1. The van der Waals surface area contributed by atoms with Crippen molar-refractivity contribution in [1.29, 1.82) is 0 Å². The van der Waals surface area contributed by atoms with E-state index in [9.17, 15) is 14.7 Å². The Morgan fingerprint density at radius 2 is 1.69 bits per heavy atom. The van der Waals surface area contributed by atoms with Gasteiger partial charge in [-0.1, -0.05) is 12.1 Å². The summed E-state index contributed by atoms with van der Waals surface area (Å²) in [4.78, 5) is 30.3. The number of morpholine rings is 1. The molecule has 35 heavy (non-hydrogen) atoms. The summed E-state index contributed by atoms with van der Waals surface area (Å²) in [6, 6.07) is 11.1. The van der Waals surface area contributed by atoms with Gasteiger partial charge in [0.05, 0.1) is 46.2 Å². The number of ether oxygens (including phenoxy) is 4. The Bertz CT molecular complexity index is 1110. The van der Waals surface area contributed by atoms with Crippen molar-refractivity contribution in [3.05, 3.63) is 59.2 Å². The number of hydrogen-bond donors (Lipinski definition) is 1. The summed E-state index contributed by atoms with van der Waals surface area (Å²) in [6.45, 7) is 3.63. The molecule has 4 rings (SSSR count). The van der Waals surface area contributed by atoms with Crippen molar-refractivity contribution in [2.24, 2.45) is 0 Å². The molecule has 2 aliphatic rings. The lowest BCUT2D eigenvalue weighted by molar-refractivity contribution is -0.140. The van der Waals surface area contributed by atoms with E-state index in [-0.39, 0.29) is 11.3 Å². The lowest BCUT2D eigenvalue weighted by Gasteiger charge is -2.31. The Labute approximate surface area is 204 Å². The average molecular weight is 483 g/mol. The molecule has 186 valence electrons. The van der Waals surface area contributed by atoms with Crippen LogP contribution in [0.3, 0.4) is 0 Å². The highest BCUT2D eigenvalue weighted by Gasteiger charge is 2.47. The number of ketones is 1. The average Bonchev–Trinajstić information content (AvgIpc) is 3.16. The molecule has 1 N–H and O–H groups in total. The highest BCUT2D eigenvalue weighted by atomic mass is 16.5. The number of benzene rings is 2. The number of likely N-dealkylation sites (tertiary alicyclic amines) is 1. The molecule has 1 amide bonds. The van der Waals surface area contributed by atoms with E-state index in [0.29, 0.717) is 54.7 Å². The predicted octanol–water partition coefficient (Wildman–Crippen LogP) is 2.47. The van der Waals surface area contributed by atoms with Crippen LogP contribution in [0, 0.1) is 0 Å². The molecule has 2 fully saturated rings. The van der Waals surface area contributed by atoms with E-state index in [2.05, 4.69) is 4.90 Å². The van der Waals surface area contributed by atoms with Crippen LogP contribution in [0.15, 0.2) is 48.0 Å². The van der Waals surface area contributed by atoms with Gasteiger partial charge in [0.1, 0.15) is 11.5 Å². The summed E-state index contributed by atoms with van der Waals surface area (Å²) in [5, 5.41) is 11.3. The molecule has 9 nitrogen and oxygen atoms in total. The highest BCUT2D eigenvalue weighted by Crippen LogP contribution is 2.45. The van der Waals surface area contributed by atoms with E-state index < -0.39 is 17.7 Å². The Balaban J connectivity index is 1.81. The van der Waals surface area contributed by atoms with Crippen molar-refractivity contribution in [2.75, 3.05) is 60.7 Å². The number of aliphatic hydroxyl groups excluding tert-OH is 1. The van der Waals surface area contributed by atoms with Crippen LogP contribution in [-0.2, 0) is 14.3 Å². The molecule has 0 aromatic heterocycles. The third-order valence-corrected chi connectivity index (χ3v) is 6.39. The normalized spacial score (nSPS) is 20.2. The Hall–Kier alpha value is -3.56. The molecule has 0 radical (unpaired) electrons. The summed E-state index contributed by atoms with van der Waals surface area (Å²) in [5.74, 6) is -0.182. The first-order chi connectivity index (χ1) is 17.0. The monoisotopic (exact) mass is 482 g/mol. The van der Waals surface area contributed by atoms with Gasteiger partial charge < -0.3 is 29.0 Å². The van der Waals surface area contributed by atoms with Crippen molar-refractivity contribution < 1.29 is 33.6 Å². The second-order valence-electron chi connectivity index (χ2n) is 8.26. The number of carbonyl (C=O) groups excluding carboxylic acids is 2. The van der Waals surface area contributed by atoms with Gasteiger partial charge in [-0.05, 0) is 30.3 Å². The Morgan fingerprint density at radius 3 is 2.31 bits per heavy atom. The van der Waals surface area contributed by atoms with Crippen molar-refractivity contribution in [2.45, 2.75) is 6.04 Å². The standard InChI is InChI=1S/C26H30N2O7/c1-32-18-9-7-17(8-10-18)23(29)21-22(19-5-4-6-20(33-2)25(19)34-3)28(26(31)24(21)30)12-11-27-13-15-35-16-14-27/h4-10,22,29H,11-16H2,1-3H3/b23-21-. The fourth-order valence-electron chi connectivity index (χ4n) is 4.54. The molecule has 1 atom stereocenters. The molecule has 2 heterocycles. The van der Waals surface area contributed by atoms with Crippen LogP contribution in [-0.4, -0.2) is 87.3 Å². The Kier molecular flexibility index (Phi) is 7.57. The van der Waals surface area contributed by atoms with Crippen LogP contribution in [0.1, 0.15) is 17.2 Å². The van der Waals surface area contributed by atoms with Gasteiger partial charge in [0.2, 0.25) is 0 Å². The minimum Gasteiger partial charge on any atom is -0.507 e. The molecule has 0 spiro atoms. The quantitative estimate of drug-likeness (QED) is 0.348. The van der Waals surface area contributed by atoms with Gasteiger partial charge in [-0.2, -0.15) is 0 Å². The largest absolute Gasteiger partial charge is 0.507 e. The van der Waals surface area contributed by atoms with Crippen molar-refractivity contribution in [1.82, 2.24) is 9.80 Å². The fourth-order valence-corrected chi connectivity index (χ4v) is 4.54. The number of rotatable bonds is 8. The third-order valence-electron chi connectivity index (χ3n) is 6.39. The van der Waals surface area contributed by atoms with Crippen molar-refractivity contribution in [3.8, 4) is 17.2 Å². The van der Waals surface area contributed by atoms with Crippen LogP contribution in [0.5, 0.6) is 17.2 Å². The second-order valence-corrected chi connectivity index (χ2v) is 8.26. The van der Waals surface area contributed by atoms with Crippen LogP contribution in [0.4, 0.5) is 0 Å². The van der Waals surface area contributed by atoms with E-state index in [1.54, 1.807) is 49.6 Å². The van der Waals surface area contributed by atoms with E-state index in [0.717, 1.165) is 13.1 Å². The lowest BCUT2D eigenvalue weighted by Crippen LogP contribution is -2.42. The molecule has 2 aromatic rings. The molecule has 9 heteroatoms. The fraction of sp³-hybridized carbons (Fsp3) is 0.385. The first kappa shape index (κ1) is 24.6. The maximum Gasteiger partial charge on any atom is 0.295 e. The lowest BCUT2D eigenvalue weighted by atomic mass is 9.94. The number of para-hydroxylation sites is 1. The molecule has 2 aromatic carbocycles. The predicted molar refractivity (Wildman–Crippen MR) is 129 cm³/mol. The van der Waals surface area contributed by atoms with Gasteiger partial charge in [0.25, 0.3) is 11.7 Å². The van der Waals surface area contributed by atoms with Gasteiger partial charge in [0.15, 0.2) is 11.5 Å². The molecule has 2 saturated heterocycles. The van der Waals surface area contributed by atoms with E-state index >= 15 is 0 Å². The molecule has 2 aliphatic heterocycles. The number of carbonyl (C=O) groups is 2. The van der Waals surface area contributed by atoms with Crippen LogP contribution < -0.4 is 14.2 Å². The topological polar surface area (TPSA) is 97.8 Å². The van der Waals surface area contributed by atoms with Crippen LogP contribution in [0.25, 0.3) is 5.76 Å². The number of amides is 1. The molecule has 0 aliphatic carbocycles. The minimum atomic E-state index is -0.844. The molecular formula is C26H30N2O7. The molecule has 0 saturated carbocycles. The third kappa shape index (κ3) is 4.82. The van der Waals surface area contributed by atoms with Gasteiger partial charge in [-0.25, -0.2) is 0 Å². The zero-order chi connectivity index (χ0) is 24.9. The van der Waals surface area contributed by atoms with Crippen LogP contribution >= 0.6 is 0 Å². The van der Waals surface area contributed by atoms with Gasteiger partial charge in [0, 0.05) is 37.3 Å². The van der Waals surface area contributed by atoms with Crippen molar-refractivity contribution in [3.63, 3.8) is 0 Å².